The van der Waals surface area contributed by atoms with Gasteiger partial charge in [0.25, 0.3) is 0 Å². The highest BCUT2D eigenvalue weighted by molar-refractivity contribution is 5.80. The number of carbonyl (C=O) groups is 1. The van der Waals surface area contributed by atoms with E-state index in [1.807, 2.05) is 0 Å². The maximum Gasteiger partial charge on any atom is 0.234 e. The van der Waals surface area contributed by atoms with E-state index in [4.69, 9.17) is 5.73 Å². The van der Waals surface area contributed by atoms with Gasteiger partial charge in [-0.2, -0.15) is 0 Å². The minimum absolute atomic E-state index is 0.0260. The van der Waals surface area contributed by atoms with E-state index >= 15 is 0 Å². The molecule has 0 radical (unpaired) electrons. The van der Waals surface area contributed by atoms with Crippen LogP contribution >= 0.6 is 0 Å². The summed E-state index contributed by atoms with van der Waals surface area (Å²) in [4.78, 5) is 13.6. The molecule has 0 aromatic carbocycles. The molecule has 1 heterocycles. The molecule has 92 valence electrons. The van der Waals surface area contributed by atoms with Gasteiger partial charge in [-0.1, -0.05) is 13.8 Å². The largest absolute Gasteiger partial charge is 0.368 e. The first kappa shape index (κ1) is 11.9. The molecule has 3 heteroatoms. The van der Waals surface area contributed by atoms with Crippen molar-refractivity contribution in [2.24, 2.45) is 23.5 Å². The zero-order valence-corrected chi connectivity index (χ0v) is 10.5. The fraction of sp³-hybridized carbons (Fsp3) is 0.923. The molecular weight excluding hydrogens is 200 g/mol. The molecule has 0 spiro atoms. The maximum absolute atomic E-state index is 11.3. The monoisotopic (exact) mass is 224 g/mol. The smallest absolute Gasteiger partial charge is 0.234 e. The van der Waals surface area contributed by atoms with Gasteiger partial charge in [0.1, 0.15) is 0 Å². The summed E-state index contributed by atoms with van der Waals surface area (Å²) in [7, 11) is 0. The minimum atomic E-state index is -0.128. The van der Waals surface area contributed by atoms with Crippen molar-refractivity contribution in [1.29, 1.82) is 0 Å². The van der Waals surface area contributed by atoms with Crippen molar-refractivity contribution >= 4 is 5.91 Å². The molecule has 0 aromatic rings. The Morgan fingerprint density at radius 3 is 2.69 bits per heavy atom. The third-order valence-corrected chi connectivity index (χ3v) is 4.40. The van der Waals surface area contributed by atoms with Gasteiger partial charge < -0.3 is 5.73 Å². The first-order valence-corrected chi connectivity index (χ1v) is 6.61. The van der Waals surface area contributed by atoms with Gasteiger partial charge in [0.15, 0.2) is 0 Å². The Morgan fingerprint density at radius 1 is 1.44 bits per heavy atom. The Balaban J connectivity index is 1.76. The lowest BCUT2D eigenvalue weighted by atomic mass is 9.69. The van der Waals surface area contributed by atoms with E-state index in [1.165, 1.54) is 12.8 Å². The predicted octanol–water partition coefficient (Wildman–Crippen LogP) is 1.62. The minimum Gasteiger partial charge on any atom is -0.368 e. The van der Waals surface area contributed by atoms with Gasteiger partial charge in [-0.25, -0.2) is 0 Å². The highest BCUT2D eigenvalue weighted by Crippen LogP contribution is 2.39. The summed E-state index contributed by atoms with van der Waals surface area (Å²) >= 11 is 0. The van der Waals surface area contributed by atoms with Crippen molar-refractivity contribution in [3.63, 3.8) is 0 Å². The van der Waals surface area contributed by atoms with Crippen molar-refractivity contribution in [1.82, 2.24) is 4.90 Å². The molecule has 1 aliphatic heterocycles. The van der Waals surface area contributed by atoms with Gasteiger partial charge in [-0.05, 0) is 50.0 Å². The van der Waals surface area contributed by atoms with Crippen LogP contribution in [0.5, 0.6) is 0 Å². The Kier molecular flexibility index (Phi) is 3.53. The van der Waals surface area contributed by atoms with Crippen LogP contribution in [0.1, 0.15) is 39.5 Å². The molecule has 1 aliphatic carbocycles. The summed E-state index contributed by atoms with van der Waals surface area (Å²) in [6.45, 7) is 6.78. The van der Waals surface area contributed by atoms with Gasteiger partial charge in [-0.15, -0.1) is 0 Å². The lowest BCUT2D eigenvalue weighted by molar-refractivity contribution is -0.122. The number of nitrogens with zero attached hydrogens (tertiary/aromatic N) is 1. The average molecular weight is 224 g/mol. The zero-order chi connectivity index (χ0) is 11.7. The molecule has 1 atom stereocenters. The van der Waals surface area contributed by atoms with E-state index in [2.05, 4.69) is 18.7 Å². The van der Waals surface area contributed by atoms with E-state index in [-0.39, 0.29) is 11.9 Å². The van der Waals surface area contributed by atoms with Gasteiger partial charge in [-0.3, -0.25) is 9.69 Å². The summed E-state index contributed by atoms with van der Waals surface area (Å²) in [6, 6.07) is 0.0260. The fourth-order valence-electron chi connectivity index (χ4n) is 3.18. The number of primary amides is 1. The van der Waals surface area contributed by atoms with Gasteiger partial charge >= 0.3 is 0 Å². The van der Waals surface area contributed by atoms with Crippen molar-refractivity contribution in [2.45, 2.75) is 45.6 Å². The molecule has 2 rings (SSSR count). The van der Waals surface area contributed by atoms with E-state index < -0.39 is 0 Å². The number of likely N-dealkylation sites (tertiary alicyclic amines) is 1. The molecule has 0 bridgehead atoms. The topological polar surface area (TPSA) is 46.3 Å². The second kappa shape index (κ2) is 4.74. The highest BCUT2D eigenvalue weighted by atomic mass is 16.1. The molecule has 1 saturated carbocycles. The fourth-order valence-corrected chi connectivity index (χ4v) is 3.18. The molecule has 1 amide bonds. The van der Waals surface area contributed by atoms with Crippen LogP contribution in [-0.4, -0.2) is 29.9 Å². The van der Waals surface area contributed by atoms with Gasteiger partial charge in [0.05, 0.1) is 6.04 Å². The van der Waals surface area contributed by atoms with Crippen LogP contribution in [-0.2, 0) is 4.79 Å². The molecule has 2 fully saturated rings. The number of carbonyl (C=O) groups excluding carboxylic acids is 1. The van der Waals surface area contributed by atoms with Crippen molar-refractivity contribution in [3.05, 3.63) is 0 Å². The summed E-state index contributed by atoms with van der Waals surface area (Å²) in [6.07, 6.45) is 4.79. The average Bonchev–Trinajstić information content (AvgIpc) is 2.57. The zero-order valence-electron chi connectivity index (χ0n) is 10.5. The lowest BCUT2D eigenvalue weighted by Crippen LogP contribution is -2.45. The third-order valence-electron chi connectivity index (χ3n) is 4.40. The SMILES string of the molecule is CC(C)[C@H]1C[C@H](CN2CCC[C@H]2C(N)=O)C1. The van der Waals surface area contributed by atoms with Crippen LogP contribution < -0.4 is 5.73 Å². The highest BCUT2D eigenvalue weighted by Gasteiger charge is 2.36. The Bertz CT molecular complexity index is 259. The first-order chi connectivity index (χ1) is 7.58. The Labute approximate surface area is 98.4 Å². The molecule has 2 aliphatic rings. The van der Waals surface area contributed by atoms with Crippen molar-refractivity contribution < 1.29 is 4.79 Å². The van der Waals surface area contributed by atoms with Gasteiger partial charge in [0.2, 0.25) is 5.91 Å². The number of amides is 1. The Morgan fingerprint density at radius 2 is 2.12 bits per heavy atom. The van der Waals surface area contributed by atoms with E-state index in [1.54, 1.807) is 0 Å². The van der Waals surface area contributed by atoms with E-state index in [9.17, 15) is 4.79 Å². The quantitative estimate of drug-likeness (QED) is 0.788. The maximum atomic E-state index is 11.3. The van der Waals surface area contributed by atoms with Crippen LogP contribution in [0.2, 0.25) is 0 Å². The predicted molar refractivity (Wildman–Crippen MR) is 64.8 cm³/mol. The lowest BCUT2D eigenvalue weighted by Gasteiger charge is -2.40. The second-order valence-corrected chi connectivity index (χ2v) is 5.90. The van der Waals surface area contributed by atoms with Crippen molar-refractivity contribution in [3.8, 4) is 0 Å². The van der Waals surface area contributed by atoms with E-state index in [0.717, 1.165) is 43.7 Å². The Hall–Kier alpha value is -0.570. The summed E-state index contributed by atoms with van der Waals surface area (Å²) in [5, 5.41) is 0. The van der Waals surface area contributed by atoms with Crippen LogP contribution in [0.15, 0.2) is 0 Å². The summed E-state index contributed by atoms with van der Waals surface area (Å²) < 4.78 is 0. The third kappa shape index (κ3) is 2.40. The number of rotatable bonds is 4. The molecule has 1 saturated heterocycles. The van der Waals surface area contributed by atoms with Crippen molar-refractivity contribution in [2.75, 3.05) is 13.1 Å². The molecular formula is C13H24N2O. The molecule has 16 heavy (non-hydrogen) atoms. The normalized spacial score (nSPS) is 35.3. The number of nitrogens with two attached hydrogens (primary N) is 1. The van der Waals surface area contributed by atoms with Crippen LogP contribution in [0, 0.1) is 17.8 Å². The molecule has 0 aromatic heterocycles. The second-order valence-electron chi connectivity index (χ2n) is 5.90. The molecule has 0 unspecified atom stereocenters. The summed E-state index contributed by atoms with van der Waals surface area (Å²) in [5.41, 5.74) is 5.42. The van der Waals surface area contributed by atoms with Crippen LogP contribution in [0.4, 0.5) is 0 Å². The van der Waals surface area contributed by atoms with Crippen LogP contribution in [0.25, 0.3) is 0 Å². The molecule has 3 nitrogen and oxygen atoms in total. The van der Waals surface area contributed by atoms with E-state index in [0.29, 0.717) is 0 Å². The number of hydrogen-bond donors (Lipinski definition) is 1. The first-order valence-electron chi connectivity index (χ1n) is 6.61. The standard InChI is InChI=1S/C13H24N2O/c1-9(2)11-6-10(7-11)8-15-5-3-4-12(15)13(14)16/h9-12H,3-8H2,1-2H3,(H2,14,16)/t10-,11-,12-/m0/s1. The summed E-state index contributed by atoms with van der Waals surface area (Å²) in [5.74, 6) is 2.42. The molecule has 2 N–H and O–H groups in total. The number of hydrogen-bond acceptors (Lipinski definition) is 2. The van der Waals surface area contributed by atoms with Gasteiger partial charge in [0, 0.05) is 6.54 Å². The van der Waals surface area contributed by atoms with Crippen LogP contribution in [0.3, 0.4) is 0 Å².